The zero-order valence-electron chi connectivity index (χ0n) is 12.8. The van der Waals surface area contributed by atoms with Crippen molar-refractivity contribution in [2.75, 3.05) is 19.7 Å². The fourth-order valence-electron chi connectivity index (χ4n) is 2.85. The molecule has 0 spiro atoms. The molecule has 2 aromatic rings. The van der Waals surface area contributed by atoms with Gasteiger partial charge >= 0.3 is 0 Å². The number of aliphatic hydroxyl groups is 1. The first-order chi connectivity index (χ1) is 10.7. The van der Waals surface area contributed by atoms with Crippen molar-refractivity contribution in [3.8, 4) is 5.75 Å². The molecule has 1 aliphatic heterocycles. The van der Waals surface area contributed by atoms with Crippen LogP contribution in [-0.4, -0.2) is 35.3 Å². The molecular formula is C19H23NO2. The van der Waals surface area contributed by atoms with Crippen LogP contribution in [0.4, 0.5) is 0 Å². The van der Waals surface area contributed by atoms with E-state index < -0.39 is 5.60 Å². The molecule has 0 radical (unpaired) electrons. The second kappa shape index (κ2) is 6.95. The molecule has 1 saturated heterocycles. The van der Waals surface area contributed by atoms with E-state index in [4.69, 9.17) is 4.74 Å². The minimum absolute atomic E-state index is 0.371. The van der Waals surface area contributed by atoms with Gasteiger partial charge in [0, 0.05) is 19.6 Å². The molecule has 3 rings (SSSR count). The van der Waals surface area contributed by atoms with Gasteiger partial charge in [-0.3, -0.25) is 4.90 Å². The summed E-state index contributed by atoms with van der Waals surface area (Å²) in [5.74, 6) is 0.822. The maximum absolute atomic E-state index is 10.7. The second-order valence-corrected chi connectivity index (χ2v) is 6.09. The highest BCUT2D eigenvalue weighted by molar-refractivity contribution is 5.21. The lowest BCUT2D eigenvalue weighted by atomic mass is 9.92. The van der Waals surface area contributed by atoms with Gasteiger partial charge in [-0.15, -0.1) is 0 Å². The third kappa shape index (κ3) is 4.09. The number of rotatable bonds is 5. The zero-order chi connectivity index (χ0) is 15.3. The molecule has 0 aliphatic carbocycles. The van der Waals surface area contributed by atoms with Crippen LogP contribution in [0.5, 0.6) is 5.75 Å². The van der Waals surface area contributed by atoms with Crippen LogP contribution < -0.4 is 4.74 Å². The van der Waals surface area contributed by atoms with E-state index in [0.29, 0.717) is 6.61 Å². The molecular weight excluding hydrogens is 274 g/mol. The van der Waals surface area contributed by atoms with E-state index in [1.165, 1.54) is 5.56 Å². The highest BCUT2D eigenvalue weighted by Gasteiger charge is 2.33. The van der Waals surface area contributed by atoms with Crippen LogP contribution in [-0.2, 0) is 6.54 Å². The highest BCUT2D eigenvalue weighted by Crippen LogP contribution is 2.24. The van der Waals surface area contributed by atoms with Gasteiger partial charge in [0.25, 0.3) is 0 Å². The van der Waals surface area contributed by atoms with Gasteiger partial charge in [-0.1, -0.05) is 48.5 Å². The summed E-state index contributed by atoms with van der Waals surface area (Å²) in [6.07, 6.45) is 1.51. The third-order valence-electron chi connectivity index (χ3n) is 4.29. The maximum atomic E-state index is 10.7. The Bertz CT molecular complexity index is 563. The lowest BCUT2D eigenvalue weighted by molar-refractivity contribution is -0.0537. The summed E-state index contributed by atoms with van der Waals surface area (Å²) in [6, 6.07) is 20.2. The maximum Gasteiger partial charge on any atom is 0.119 e. The predicted molar refractivity (Wildman–Crippen MR) is 87.8 cm³/mol. The summed E-state index contributed by atoms with van der Waals surface area (Å²) in [4.78, 5) is 2.40. The average Bonchev–Trinajstić information content (AvgIpc) is 2.58. The van der Waals surface area contributed by atoms with Crippen molar-refractivity contribution in [1.82, 2.24) is 4.90 Å². The Balaban J connectivity index is 1.48. The van der Waals surface area contributed by atoms with Crippen LogP contribution in [0.1, 0.15) is 18.4 Å². The van der Waals surface area contributed by atoms with Crippen molar-refractivity contribution in [3.63, 3.8) is 0 Å². The van der Waals surface area contributed by atoms with Gasteiger partial charge in [0.2, 0.25) is 0 Å². The van der Waals surface area contributed by atoms with Crippen molar-refractivity contribution >= 4 is 0 Å². The van der Waals surface area contributed by atoms with Gasteiger partial charge in [-0.2, -0.15) is 0 Å². The van der Waals surface area contributed by atoms with Crippen molar-refractivity contribution in [1.29, 1.82) is 0 Å². The molecule has 1 N–H and O–H groups in total. The Hall–Kier alpha value is -1.84. The number of para-hydroxylation sites is 1. The molecule has 0 saturated carbocycles. The van der Waals surface area contributed by atoms with Crippen molar-refractivity contribution < 1.29 is 9.84 Å². The average molecular weight is 297 g/mol. The summed E-state index contributed by atoms with van der Waals surface area (Å²) in [6.45, 7) is 3.14. The number of benzene rings is 2. The van der Waals surface area contributed by atoms with Gasteiger partial charge in [-0.05, 0) is 30.5 Å². The number of hydrogen-bond acceptors (Lipinski definition) is 3. The zero-order valence-corrected chi connectivity index (χ0v) is 12.8. The van der Waals surface area contributed by atoms with Gasteiger partial charge in [-0.25, -0.2) is 0 Å². The molecule has 0 atom stereocenters. The van der Waals surface area contributed by atoms with E-state index in [-0.39, 0.29) is 0 Å². The monoisotopic (exact) mass is 297 g/mol. The molecule has 3 heteroatoms. The van der Waals surface area contributed by atoms with Crippen molar-refractivity contribution in [2.24, 2.45) is 0 Å². The van der Waals surface area contributed by atoms with Crippen LogP contribution in [0.25, 0.3) is 0 Å². The Morgan fingerprint density at radius 1 is 0.909 bits per heavy atom. The molecule has 116 valence electrons. The Kier molecular flexibility index (Phi) is 4.76. The summed E-state index contributed by atoms with van der Waals surface area (Å²) in [5, 5.41) is 10.7. The molecule has 1 fully saturated rings. The largest absolute Gasteiger partial charge is 0.491 e. The smallest absolute Gasteiger partial charge is 0.119 e. The molecule has 1 heterocycles. The van der Waals surface area contributed by atoms with Crippen molar-refractivity contribution in [3.05, 3.63) is 66.2 Å². The number of hydrogen-bond donors (Lipinski definition) is 1. The first kappa shape index (κ1) is 15.1. The van der Waals surface area contributed by atoms with E-state index in [1.807, 2.05) is 36.4 Å². The number of likely N-dealkylation sites (tertiary alicyclic amines) is 1. The lowest BCUT2D eigenvalue weighted by Crippen LogP contribution is -2.47. The fourth-order valence-corrected chi connectivity index (χ4v) is 2.85. The van der Waals surface area contributed by atoms with Gasteiger partial charge in [0.15, 0.2) is 0 Å². The van der Waals surface area contributed by atoms with Crippen LogP contribution in [0, 0.1) is 0 Å². The first-order valence-electron chi connectivity index (χ1n) is 7.90. The van der Waals surface area contributed by atoms with E-state index in [0.717, 1.165) is 38.2 Å². The summed E-state index contributed by atoms with van der Waals surface area (Å²) >= 11 is 0. The van der Waals surface area contributed by atoms with Gasteiger partial charge < -0.3 is 9.84 Å². The molecule has 0 aromatic heterocycles. The van der Waals surface area contributed by atoms with Crippen molar-refractivity contribution in [2.45, 2.75) is 25.0 Å². The lowest BCUT2D eigenvalue weighted by Gasteiger charge is -2.37. The summed E-state index contributed by atoms with van der Waals surface area (Å²) in [7, 11) is 0. The van der Waals surface area contributed by atoms with Crippen LogP contribution in [0.3, 0.4) is 0 Å². The minimum atomic E-state index is -0.705. The number of nitrogens with zero attached hydrogens (tertiary/aromatic N) is 1. The summed E-state index contributed by atoms with van der Waals surface area (Å²) in [5.41, 5.74) is 0.622. The topological polar surface area (TPSA) is 32.7 Å². The molecule has 22 heavy (non-hydrogen) atoms. The van der Waals surface area contributed by atoms with Gasteiger partial charge in [0.05, 0.1) is 0 Å². The van der Waals surface area contributed by atoms with Crippen LogP contribution in [0.15, 0.2) is 60.7 Å². The number of ether oxygens (including phenoxy) is 1. The normalized spacial score (nSPS) is 18.0. The highest BCUT2D eigenvalue weighted by atomic mass is 16.5. The first-order valence-corrected chi connectivity index (χ1v) is 7.90. The minimum Gasteiger partial charge on any atom is -0.491 e. The molecule has 3 nitrogen and oxygen atoms in total. The van der Waals surface area contributed by atoms with Crippen LogP contribution in [0.2, 0.25) is 0 Å². The molecule has 0 unspecified atom stereocenters. The molecule has 1 aliphatic rings. The predicted octanol–water partition coefficient (Wildman–Crippen LogP) is 3.09. The Labute approximate surface area is 132 Å². The summed E-state index contributed by atoms with van der Waals surface area (Å²) < 4.78 is 5.73. The van der Waals surface area contributed by atoms with Gasteiger partial charge in [0.1, 0.15) is 18.0 Å². The molecule has 0 bridgehead atoms. The van der Waals surface area contributed by atoms with E-state index in [1.54, 1.807) is 0 Å². The third-order valence-corrected chi connectivity index (χ3v) is 4.29. The number of piperidine rings is 1. The quantitative estimate of drug-likeness (QED) is 0.920. The SMILES string of the molecule is OC1(COc2ccccc2)CCN(Cc2ccccc2)CC1. The standard InChI is InChI=1S/C19H23NO2/c21-19(16-22-18-9-5-2-6-10-18)11-13-20(14-12-19)15-17-7-3-1-4-8-17/h1-10,21H,11-16H2. The Morgan fingerprint density at radius 3 is 2.14 bits per heavy atom. The van der Waals surface area contributed by atoms with Crippen LogP contribution >= 0.6 is 0 Å². The molecule has 0 amide bonds. The second-order valence-electron chi connectivity index (χ2n) is 6.09. The molecule has 2 aromatic carbocycles. The van der Waals surface area contributed by atoms with E-state index in [9.17, 15) is 5.11 Å². The van der Waals surface area contributed by atoms with E-state index in [2.05, 4.69) is 29.2 Å². The Morgan fingerprint density at radius 2 is 1.50 bits per heavy atom. The van der Waals surface area contributed by atoms with E-state index >= 15 is 0 Å². The fraction of sp³-hybridized carbons (Fsp3) is 0.368.